The number of carbonyl (C=O) groups is 1. The SMILES string of the molecule is COc1cc(C=O)c([N+](=O)[O-])cc1OCC#N. The van der Waals surface area contributed by atoms with Crippen LogP contribution >= 0.6 is 0 Å². The molecule has 0 heterocycles. The highest BCUT2D eigenvalue weighted by Crippen LogP contribution is 2.33. The van der Waals surface area contributed by atoms with E-state index in [0.29, 0.717) is 6.29 Å². The van der Waals surface area contributed by atoms with Gasteiger partial charge < -0.3 is 9.47 Å². The van der Waals surface area contributed by atoms with Crippen molar-refractivity contribution in [3.8, 4) is 17.6 Å². The van der Waals surface area contributed by atoms with Gasteiger partial charge in [0, 0.05) is 6.07 Å². The zero-order valence-corrected chi connectivity index (χ0v) is 8.87. The Hall–Kier alpha value is -2.62. The van der Waals surface area contributed by atoms with Gasteiger partial charge in [-0.3, -0.25) is 14.9 Å². The Balaban J connectivity index is 3.29. The van der Waals surface area contributed by atoms with Gasteiger partial charge in [-0.25, -0.2) is 0 Å². The molecule has 0 aromatic heterocycles. The maximum Gasteiger partial charge on any atom is 0.283 e. The molecule has 0 saturated heterocycles. The summed E-state index contributed by atoms with van der Waals surface area (Å²) in [5, 5.41) is 19.1. The average Bonchev–Trinajstić information content (AvgIpc) is 2.34. The van der Waals surface area contributed by atoms with E-state index in [1.165, 1.54) is 13.2 Å². The summed E-state index contributed by atoms with van der Waals surface area (Å²) in [5.41, 5.74) is -0.509. The quantitative estimate of drug-likeness (QED) is 0.434. The second-order valence-electron chi connectivity index (χ2n) is 2.88. The molecule has 0 fully saturated rings. The lowest BCUT2D eigenvalue weighted by molar-refractivity contribution is -0.385. The maximum absolute atomic E-state index is 10.7. The number of methoxy groups -OCH3 is 1. The molecule has 0 aliphatic carbocycles. The first-order valence-corrected chi connectivity index (χ1v) is 4.45. The van der Waals surface area contributed by atoms with Crippen molar-refractivity contribution >= 4 is 12.0 Å². The normalized spacial score (nSPS) is 9.18. The third kappa shape index (κ3) is 2.69. The fourth-order valence-corrected chi connectivity index (χ4v) is 1.20. The highest BCUT2D eigenvalue weighted by Gasteiger charge is 2.19. The molecule has 88 valence electrons. The van der Waals surface area contributed by atoms with Crippen molar-refractivity contribution in [3.05, 3.63) is 27.8 Å². The standard InChI is InChI=1S/C10H8N2O5/c1-16-9-4-7(6-13)8(12(14)15)5-10(9)17-3-2-11/h4-6H,3H2,1H3. The lowest BCUT2D eigenvalue weighted by Crippen LogP contribution is -2.01. The second-order valence-corrected chi connectivity index (χ2v) is 2.88. The Morgan fingerprint density at radius 2 is 2.24 bits per heavy atom. The van der Waals surface area contributed by atoms with Crippen LogP contribution in [0, 0.1) is 21.4 Å². The molecule has 1 aromatic rings. The molecule has 7 heteroatoms. The molecule has 0 unspecified atom stereocenters. The first-order chi connectivity index (χ1) is 8.13. The molecular formula is C10H8N2O5. The Bertz CT molecular complexity index is 492. The number of carbonyl (C=O) groups excluding carboxylic acids is 1. The maximum atomic E-state index is 10.7. The third-order valence-electron chi connectivity index (χ3n) is 1.93. The second kappa shape index (κ2) is 5.46. The molecule has 0 aliphatic heterocycles. The summed E-state index contributed by atoms with van der Waals surface area (Å²) in [4.78, 5) is 20.7. The fraction of sp³-hybridized carbons (Fsp3) is 0.200. The number of rotatable bonds is 5. The number of nitro benzene ring substituents is 1. The van der Waals surface area contributed by atoms with Gasteiger partial charge in [0.15, 0.2) is 24.4 Å². The van der Waals surface area contributed by atoms with Gasteiger partial charge in [-0.05, 0) is 0 Å². The number of nitro groups is 1. The summed E-state index contributed by atoms with van der Waals surface area (Å²) < 4.78 is 9.86. The van der Waals surface area contributed by atoms with Crippen LogP contribution in [-0.2, 0) is 0 Å². The van der Waals surface area contributed by atoms with Crippen molar-refractivity contribution in [1.29, 1.82) is 5.26 Å². The number of nitriles is 1. The first-order valence-electron chi connectivity index (χ1n) is 4.45. The Labute approximate surface area is 96.3 Å². The van der Waals surface area contributed by atoms with Crippen LogP contribution in [0.4, 0.5) is 5.69 Å². The molecule has 0 N–H and O–H groups in total. The van der Waals surface area contributed by atoms with Crippen LogP contribution in [0.1, 0.15) is 10.4 Å². The molecule has 0 radical (unpaired) electrons. The predicted molar refractivity (Wildman–Crippen MR) is 56.1 cm³/mol. The summed E-state index contributed by atoms with van der Waals surface area (Å²) in [5.74, 6) is 0.208. The van der Waals surface area contributed by atoms with Gasteiger partial charge in [0.2, 0.25) is 0 Å². The molecule has 0 amide bonds. The largest absolute Gasteiger partial charge is 0.493 e. The minimum absolute atomic E-state index is 0.0475. The predicted octanol–water partition coefficient (Wildman–Crippen LogP) is 1.32. The van der Waals surface area contributed by atoms with E-state index in [9.17, 15) is 14.9 Å². The molecule has 1 rings (SSSR count). The van der Waals surface area contributed by atoms with Gasteiger partial charge in [0.05, 0.1) is 23.7 Å². The first kappa shape index (κ1) is 12.4. The molecular weight excluding hydrogens is 228 g/mol. The third-order valence-corrected chi connectivity index (χ3v) is 1.93. The summed E-state index contributed by atoms with van der Waals surface area (Å²) >= 11 is 0. The molecule has 0 saturated carbocycles. The van der Waals surface area contributed by atoms with Gasteiger partial charge >= 0.3 is 0 Å². The lowest BCUT2D eigenvalue weighted by atomic mass is 10.1. The minimum Gasteiger partial charge on any atom is -0.493 e. The van der Waals surface area contributed by atoms with E-state index in [1.54, 1.807) is 6.07 Å². The highest BCUT2D eigenvalue weighted by molar-refractivity contribution is 5.83. The molecule has 7 nitrogen and oxygen atoms in total. The average molecular weight is 236 g/mol. The Morgan fingerprint density at radius 1 is 1.53 bits per heavy atom. The van der Waals surface area contributed by atoms with Crippen molar-refractivity contribution in [1.82, 2.24) is 0 Å². The molecule has 1 aromatic carbocycles. The molecule has 0 bridgehead atoms. The van der Waals surface area contributed by atoms with E-state index >= 15 is 0 Å². The van der Waals surface area contributed by atoms with Crippen molar-refractivity contribution in [2.24, 2.45) is 0 Å². The van der Waals surface area contributed by atoms with Crippen LogP contribution in [0.25, 0.3) is 0 Å². The summed E-state index contributed by atoms with van der Waals surface area (Å²) in [6, 6.07) is 3.98. The van der Waals surface area contributed by atoms with Gasteiger partial charge in [-0.2, -0.15) is 5.26 Å². The van der Waals surface area contributed by atoms with E-state index in [2.05, 4.69) is 0 Å². The van der Waals surface area contributed by atoms with Crippen LogP contribution in [0.5, 0.6) is 11.5 Å². The topological polar surface area (TPSA) is 102 Å². The number of benzene rings is 1. The zero-order valence-electron chi connectivity index (χ0n) is 8.87. The van der Waals surface area contributed by atoms with E-state index in [-0.39, 0.29) is 23.7 Å². The number of hydrogen-bond acceptors (Lipinski definition) is 6. The number of aldehydes is 1. The van der Waals surface area contributed by atoms with E-state index in [1.807, 2.05) is 0 Å². The fourth-order valence-electron chi connectivity index (χ4n) is 1.20. The summed E-state index contributed by atoms with van der Waals surface area (Å²) in [6.07, 6.45) is 0.356. The van der Waals surface area contributed by atoms with E-state index in [4.69, 9.17) is 14.7 Å². The van der Waals surface area contributed by atoms with Crippen LogP contribution in [0.3, 0.4) is 0 Å². The molecule has 17 heavy (non-hydrogen) atoms. The van der Waals surface area contributed by atoms with Crippen molar-refractivity contribution in [2.75, 3.05) is 13.7 Å². The van der Waals surface area contributed by atoms with Gasteiger partial charge in [-0.1, -0.05) is 0 Å². The van der Waals surface area contributed by atoms with Gasteiger partial charge in [-0.15, -0.1) is 0 Å². The van der Waals surface area contributed by atoms with Gasteiger partial charge in [0.1, 0.15) is 6.07 Å². The van der Waals surface area contributed by atoms with Crippen LogP contribution in [-0.4, -0.2) is 24.9 Å². The van der Waals surface area contributed by atoms with Crippen LogP contribution in [0.2, 0.25) is 0 Å². The van der Waals surface area contributed by atoms with Crippen molar-refractivity contribution < 1.29 is 19.2 Å². The Morgan fingerprint density at radius 3 is 2.71 bits per heavy atom. The zero-order chi connectivity index (χ0) is 12.8. The Kier molecular flexibility index (Phi) is 4.00. The monoisotopic (exact) mass is 236 g/mol. The summed E-state index contributed by atoms with van der Waals surface area (Å²) in [6.45, 7) is -0.270. The number of hydrogen-bond donors (Lipinski definition) is 0. The number of nitrogens with zero attached hydrogens (tertiary/aromatic N) is 2. The van der Waals surface area contributed by atoms with Crippen LogP contribution < -0.4 is 9.47 Å². The number of ether oxygens (including phenoxy) is 2. The lowest BCUT2D eigenvalue weighted by Gasteiger charge is -2.08. The minimum atomic E-state index is -0.706. The highest BCUT2D eigenvalue weighted by atomic mass is 16.6. The van der Waals surface area contributed by atoms with Gasteiger partial charge in [0.25, 0.3) is 5.69 Å². The molecule has 0 aliphatic rings. The van der Waals surface area contributed by atoms with E-state index in [0.717, 1.165) is 6.07 Å². The molecule has 0 spiro atoms. The molecule has 0 atom stereocenters. The van der Waals surface area contributed by atoms with Crippen molar-refractivity contribution in [3.63, 3.8) is 0 Å². The smallest absolute Gasteiger partial charge is 0.283 e. The van der Waals surface area contributed by atoms with E-state index < -0.39 is 10.6 Å². The van der Waals surface area contributed by atoms with Crippen molar-refractivity contribution in [2.45, 2.75) is 0 Å². The summed E-state index contributed by atoms with van der Waals surface area (Å²) in [7, 11) is 1.33. The van der Waals surface area contributed by atoms with Crippen LogP contribution in [0.15, 0.2) is 12.1 Å².